The Labute approximate surface area is 157 Å². The Morgan fingerprint density at radius 1 is 0.889 bits per heavy atom. The predicted octanol–water partition coefficient (Wildman–Crippen LogP) is 3.35. The van der Waals surface area contributed by atoms with Gasteiger partial charge in [-0.25, -0.2) is 0 Å². The number of carbonyl (C=O) groups is 1. The molecular weight excluding hydrogens is 352 g/mol. The van der Waals surface area contributed by atoms with E-state index in [-0.39, 0.29) is 12.6 Å². The number of benzene rings is 2. The van der Waals surface area contributed by atoms with Gasteiger partial charge in [-0.15, -0.1) is 0 Å². The fraction of sp³-hybridized carbons (Fsp3) is 0.250. The first-order valence-corrected chi connectivity index (χ1v) is 8.11. The first-order chi connectivity index (χ1) is 13.1. The van der Waals surface area contributed by atoms with Crippen molar-refractivity contribution in [1.29, 1.82) is 0 Å². The van der Waals surface area contributed by atoms with Gasteiger partial charge in [-0.3, -0.25) is 4.79 Å². The average Bonchev–Trinajstić information content (AvgIpc) is 3.18. The summed E-state index contributed by atoms with van der Waals surface area (Å²) in [6.45, 7) is 0.142. The van der Waals surface area contributed by atoms with Crippen LogP contribution in [0.4, 0.5) is 0 Å². The zero-order valence-electron chi connectivity index (χ0n) is 15.5. The summed E-state index contributed by atoms with van der Waals surface area (Å²) in [5.41, 5.74) is 1.16. The second-order valence-electron chi connectivity index (χ2n) is 5.57. The van der Waals surface area contributed by atoms with Gasteiger partial charge >= 0.3 is 0 Å². The molecule has 2 aromatic carbocycles. The highest BCUT2D eigenvalue weighted by molar-refractivity contribution is 6.07. The summed E-state index contributed by atoms with van der Waals surface area (Å²) < 4.78 is 31.9. The lowest BCUT2D eigenvalue weighted by Gasteiger charge is -2.13. The Bertz CT molecular complexity index is 861. The van der Waals surface area contributed by atoms with E-state index in [0.29, 0.717) is 40.1 Å². The Balaban J connectivity index is 1.89. The molecule has 0 atom stereocenters. The summed E-state index contributed by atoms with van der Waals surface area (Å²) in [6, 6.07) is 6.76. The van der Waals surface area contributed by atoms with Crippen molar-refractivity contribution in [3.8, 4) is 34.5 Å². The second-order valence-corrected chi connectivity index (χ2v) is 5.57. The van der Waals surface area contributed by atoms with E-state index >= 15 is 0 Å². The van der Waals surface area contributed by atoms with E-state index in [2.05, 4.69) is 0 Å². The minimum atomic E-state index is -0.217. The maximum absolute atomic E-state index is 12.6. The van der Waals surface area contributed by atoms with Crippen LogP contribution in [-0.4, -0.2) is 41.0 Å². The molecule has 0 N–H and O–H groups in total. The molecule has 0 saturated carbocycles. The van der Waals surface area contributed by atoms with E-state index in [1.165, 1.54) is 27.4 Å². The standard InChI is InChI=1S/C20H20O7/c1-22-15-7-12(8-18-20(15)27-11-26-18)5-6-14(21)13-9-16(23-2)19(25-4)17(10-13)24-3/h5-10H,11H2,1-4H3/b6-5+. The highest BCUT2D eigenvalue weighted by Crippen LogP contribution is 2.42. The molecule has 0 radical (unpaired) electrons. The highest BCUT2D eigenvalue weighted by atomic mass is 16.7. The van der Waals surface area contributed by atoms with Crippen LogP contribution in [0.15, 0.2) is 30.3 Å². The number of fused-ring (bicyclic) bond motifs is 1. The van der Waals surface area contributed by atoms with Crippen molar-refractivity contribution in [2.45, 2.75) is 0 Å². The van der Waals surface area contributed by atoms with E-state index < -0.39 is 0 Å². The van der Waals surface area contributed by atoms with Gasteiger partial charge < -0.3 is 28.4 Å². The molecule has 0 spiro atoms. The zero-order chi connectivity index (χ0) is 19.4. The molecule has 7 nitrogen and oxygen atoms in total. The van der Waals surface area contributed by atoms with Crippen molar-refractivity contribution in [1.82, 2.24) is 0 Å². The largest absolute Gasteiger partial charge is 0.493 e. The van der Waals surface area contributed by atoms with Gasteiger partial charge in [0.1, 0.15) is 0 Å². The Morgan fingerprint density at radius 2 is 1.56 bits per heavy atom. The van der Waals surface area contributed by atoms with E-state index in [0.717, 1.165) is 5.56 Å². The minimum absolute atomic E-state index is 0.142. The molecule has 1 aliphatic rings. The van der Waals surface area contributed by atoms with Gasteiger partial charge in [-0.1, -0.05) is 6.08 Å². The number of ether oxygens (including phenoxy) is 6. The van der Waals surface area contributed by atoms with Crippen molar-refractivity contribution in [2.75, 3.05) is 35.2 Å². The number of allylic oxidation sites excluding steroid dienone is 1. The third kappa shape index (κ3) is 3.62. The van der Waals surface area contributed by atoms with Crippen molar-refractivity contribution < 1.29 is 33.2 Å². The first kappa shape index (κ1) is 18.4. The van der Waals surface area contributed by atoms with Crippen molar-refractivity contribution >= 4 is 11.9 Å². The average molecular weight is 372 g/mol. The number of hydrogen-bond donors (Lipinski definition) is 0. The third-order valence-corrected chi connectivity index (χ3v) is 4.06. The topological polar surface area (TPSA) is 72.5 Å². The summed E-state index contributed by atoms with van der Waals surface area (Å²) in [4.78, 5) is 12.6. The van der Waals surface area contributed by atoms with Crippen molar-refractivity contribution in [3.63, 3.8) is 0 Å². The first-order valence-electron chi connectivity index (χ1n) is 8.11. The van der Waals surface area contributed by atoms with Crippen LogP contribution in [0, 0.1) is 0 Å². The van der Waals surface area contributed by atoms with Gasteiger partial charge in [-0.2, -0.15) is 0 Å². The summed E-state index contributed by atoms with van der Waals surface area (Å²) in [5.74, 6) is 2.73. The summed E-state index contributed by atoms with van der Waals surface area (Å²) >= 11 is 0. The quantitative estimate of drug-likeness (QED) is 0.545. The van der Waals surface area contributed by atoms with Crippen LogP contribution in [0.3, 0.4) is 0 Å². The molecule has 0 unspecified atom stereocenters. The molecular formula is C20H20O7. The van der Waals surface area contributed by atoms with E-state index in [1.54, 1.807) is 37.5 Å². The SMILES string of the molecule is COc1cc(C(=O)/C=C/c2cc(OC)c3c(c2)OCO3)cc(OC)c1OC. The molecule has 1 heterocycles. The van der Waals surface area contributed by atoms with Crippen molar-refractivity contribution in [3.05, 3.63) is 41.5 Å². The molecule has 0 bridgehead atoms. The van der Waals surface area contributed by atoms with Crippen molar-refractivity contribution in [2.24, 2.45) is 0 Å². The molecule has 0 aromatic heterocycles. The Kier molecular flexibility index (Phi) is 5.40. The van der Waals surface area contributed by atoms with Crippen LogP contribution in [-0.2, 0) is 0 Å². The number of methoxy groups -OCH3 is 4. The normalized spacial score (nSPS) is 12.1. The van der Waals surface area contributed by atoms with Crippen LogP contribution in [0.25, 0.3) is 6.08 Å². The minimum Gasteiger partial charge on any atom is -0.493 e. The number of hydrogen-bond acceptors (Lipinski definition) is 7. The summed E-state index contributed by atoms with van der Waals surface area (Å²) in [7, 11) is 6.06. The predicted molar refractivity (Wildman–Crippen MR) is 98.6 cm³/mol. The summed E-state index contributed by atoms with van der Waals surface area (Å²) in [6.07, 6.45) is 3.13. The van der Waals surface area contributed by atoms with Crippen LogP contribution in [0.1, 0.15) is 15.9 Å². The van der Waals surface area contributed by atoms with Crippen LogP contribution in [0.2, 0.25) is 0 Å². The van der Waals surface area contributed by atoms with E-state index in [4.69, 9.17) is 28.4 Å². The molecule has 7 heteroatoms. The van der Waals surface area contributed by atoms with Gasteiger partial charge in [0.05, 0.1) is 28.4 Å². The van der Waals surface area contributed by atoms with Crippen LogP contribution < -0.4 is 28.4 Å². The second kappa shape index (κ2) is 7.90. The Hall–Kier alpha value is -3.35. The van der Waals surface area contributed by atoms with Crippen LogP contribution >= 0.6 is 0 Å². The van der Waals surface area contributed by atoms with Gasteiger partial charge in [0, 0.05) is 5.56 Å². The van der Waals surface area contributed by atoms with Gasteiger partial charge in [0.2, 0.25) is 18.3 Å². The number of rotatable bonds is 7. The molecule has 0 amide bonds. The van der Waals surface area contributed by atoms with E-state index in [1.807, 2.05) is 0 Å². The third-order valence-electron chi connectivity index (χ3n) is 4.06. The molecule has 27 heavy (non-hydrogen) atoms. The van der Waals surface area contributed by atoms with Gasteiger partial charge in [0.15, 0.2) is 28.8 Å². The number of ketones is 1. The smallest absolute Gasteiger partial charge is 0.231 e. The maximum Gasteiger partial charge on any atom is 0.231 e. The maximum atomic E-state index is 12.6. The molecule has 2 aromatic rings. The zero-order valence-corrected chi connectivity index (χ0v) is 15.5. The lowest BCUT2D eigenvalue weighted by molar-refractivity contribution is 0.104. The molecule has 0 saturated heterocycles. The van der Waals surface area contributed by atoms with Crippen LogP contribution in [0.5, 0.6) is 34.5 Å². The monoisotopic (exact) mass is 372 g/mol. The fourth-order valence-electron chi connectivity index (χ4n) is 2.74. The summed E-state index contributed by atoms with van der Waals surface area (Å²) in [5, 5.41) is 0. The number of carbonyl (C=O) groups excluding carboxylic acids is 1. The molecule has 3 rings (SSSR count). The molecule has 142 valence electrons. The molecule has 0 fully saturated rings. The van der Waals surface area contributed by atoms with Gasteiger partial charge in [-0.05, 0) is 35.9 Å². The lowest BCUT2D eigenvalue weighted by Crippen LogP contribution is -2.00. The van der Waals surface area contributed by atoms with Gasteiger partial charge in [0.25, 0.3) is 0 Å². The highest BCUT2D eigenvalue weighted by Gasteiger charge is 2.20. The molecule has 1 aliphatic heterocycles. The lowest BCUT2D eigenvalue weighted by atomic mass is 10.1. The van der Waals surface area contributed by atoms with E-state index in [9.17, 15) is 4.79 Å². The fourth-order valence-corrected chi connectivity index (χ4v) is 2.74. The molecule has 0 aliphatic carbocycles. The Morgan fingerprint density at radius 3 is 2.15 bits per heavy atom.